The largest absolute Gasteiger partial charge is 0.445 e. The van der Waals surface area contributed by atoms with E-state index in [1.54, 1.807) is 45.2 Å². The molecule has 9 heterocycles. The average molecular weight is 1330 g/mol. The van der Waals surface area contributed by atoms with Gasteiger partial charge in [0.05, 0.1) is 79.4 Å². The molecule has 8 amide bonds. The highest BCUT2D eigenvalue weighted by Crippen LogP contribution is 2.55. The molecule has 95 heavy (non-hydrogen) atoms. The van der Waals surface area contributed by atoms with Crippen LogP contribution in [-0.4, -0.2) is 199 Å². The maximum atomic E-state index is 14.1. The highest BCUT2D eigenvalue weighted by molar-refractivity contribution is 6.12. The summed E-state index contributed by atoms with van der Waals surface area (Å²) in [7, 11) is 1.55. The number of methoxy groups -OCH3 is 1. The molecule has 10 rings (SSSR count). The summed E-state index contributed by atoms with van der Waals surface area (Å²) >= 11 is 0. The third-order valence-corrected chi connectivity index (χ3v) is 20.7. The Morgan fingerprint density at radius 3 is 2.32 bits per heavy atom. The molecule has 524 valence electrons. The number of carbonyl (C=O) groups is 8. The van der Waals surface area contributed by atoms with Gasteiger partial charge in [-0.25, -0.2) is 9.59 Å². The van der Waals surface area contributed by atoms with Crippen LogP contribution in [0.3, 0.4) is 0 Å². The second-order valence-corrected chi connectivity index (χ2v) is 27.9. The van der Waals surface area contributed by atoms with Crippen LogP contribution in [-0.2, 0) is 78.0 Å². The zero-order valence-electron chi connectivity index (χ0n) is 55.4. The number of amides is 8. The summed E-state index contributed by atoms with van der Waals surface area (Å²) < 4.78 is 58.8. The van der Waals surface area contributed by atoms with E-state index in [4.69, 9.17) is 48.4 Å². The molecular weight excluding hydrogens is 1230 g/mol. The van der Waals surface area contributed by atoms with Gasteiger partial charge in [0.25, 0.3) is 11.8 Å². The van der Waals surface area contributed by atoms with E-state index in [0.29, 0.717) is 56.2 Å². The maximum absolute atomic E-state index is 14.1. The predicted molar refractivity (Wildman–Crippen MR) is 342 cm³/mol. The Hall–Kier alpha value is -6.20. The fraction of sp³-hybridized carbons (Fsp3) is 0.710. The van der Waals surface area contributed by atoms with Crippen molar-refractivity contribution in [3.05, 3.63) is 66.3 Å². The van der Waals surface area contributed by atoms with Crippen molar-refractivity contribution >= 4 is 53.1 Å². The summed E-state index contributed by atoms with van der Waals surface area (Å²) in [5.74, 6) is -4.28. The molecule has 1 aromatic rings. The molecule has 0 aliphatic carbocycles. The Bertz CT molecular complexity index is 2970. The smallest absolute Gasteiger partial charge is 0.407 e. The number of nitrogens with two attached hydrogens (primary N) is 1. The van der Waals surface area contributed by atoms with Crippen molar-refractivity contribution in [2.45, 2.75) is 259 Å². The highest BCUT2D eigenvalue weighted by atomic mass is 16.7. The SMILES string of the molecule is C=C1C[C@@H]2CC([C@]34C[C@@H](O)[C@H](O3)C3C[C@@H](O4)[C@H]4O[C@@H](CC(=O)C[C@@H]5[C@@H](OC)[C@@H](C[C@H](O)CNC(=O)OCc6ccc(NC(=O)[C@H](CCCNC(N)=O)NC(=O)[C@@H](NC(=O)CCCCCN7C(=O)C=CC7=O)C(C)C)cc6)O[C@H]5C)CC[C@@H]4O3)[C@@H]3C[C@H](CC[C@@H]1O2)O[C@H](C)C3=C. The van der Waals surface area contributed by atoms with Gasteiger partial charge in [-0.1, -0.05) is 45.6 Å². The number of aliphatic hydroxyl groups excluding tert-OH is 2. The Morgan fingerprint density at radius 1 is 0.811 bits per heavy atom. The molecular formula is C69H99N7O19. The van der Waals surface area contributed by atoms with Crippen LogP contribution in [0.5, 0.6) is 0 Å². The number of aliphatic hydroxyl groups is 2. The van der Waals surface area contributed by atoms with Crippen molar-refractivity contribution in [3.63, 3.8) is 0 Å². The van der Waals surface area contributed by atoms with Gasteiger partial charge in [-0.3, -0.25) is 33.7 Å². The molecule has 8 bridgehead atoms. The molecule has 9 aliphatic heterocycles. The van der Waals surface area contributed by atoms with Crippen molar-refractivity contribution in [2.75, 3.05) is 32.1 Å². The third kappa shape index (κ3) is 17.8. The molecule has 8 fully saturated rings. The number of ether oxygens (including phenoxy) is 9. The molecule has 9 N–H and O–H groups in total. The summed E-state index contributed by atoms with van der Waals surface area (Å²) in [5, 5.41) is 36.3. The number of ketones is 1. The molecule has 21 atom stereocenters. The van der Waals surface area contributed by atoms with Crippen LogP contribution < -0.4 is 32.3 Å². The molecule has 0 radical (unpaired) electrons. The molecule has 0 saturated carbocycles. The number of imide groups is 1. The van der Waals surface area contributed by atoms with Crippen molar-refractivity contribution < 1.29 is 91.2 Å². The van der Waals surface area contributed by atoms with E-state index >= 15 is 0 Å². The van der Waals surface area contributed by atoms with E-state index < -0.39 is 90.6 Å². The van der Waals surface area contributed by atoms with E-state index in [0.717, 1.165) is 41.7 Å². The van der Waals surface area contributed by atoms with Gasteiger partial charge in [-0.2, -0.15) is 0 Å². The first-order chi connectivity index (χ1) is 45.4. The molecule has 8 saturated heterocycles. The lowest BCUT2D eigenvalue weighted by atomic mass is 9.70. The minimum atomic E-state index is -1.16. The first-order valence-corrected chi connectivity index (χ1v) is 34.3. The number of nitrogens with zero attached hydrogens (tertiary/aromatic N) is 1. The minimum Gasteiger partial charge on any atom is -0.445 e. The zero-order valence-corrected chi connectivity index (χ0v) is 55.4. The standard InChI is InChI=1S/C69H99N7O19/c1-36(2)61(75-58(80)13-9-8-10-25-76-59(81)22-23-60(76)82)66(84)74-51(12-11-24-71-67(70)85)65(83)73-42-16-14-41(15-17-42)35-88-68(86)72-34-44(78)29-55-62(87-7)49(40(6)90-55)28-43(77)27-45-19-21-54-64(92-45)57-32-56(93-54)63-52(79)33-69(94-57,95-63)50-31-47-26-37(3)53(91-47)20-18-46-30-48(50)38(4)39(5)89-46/h14-17,22-23,36,39-40,44-57,61-64,78-79H,3-4,8-13,18-21,24-35H2,1-2,5-7H3,(H,72,86)(H,73,83)(H,74,84)(H,75,80)(H3,70,71,85)/t39-,40+,44+,45-,46+,47-,48-,49+,50?,51+,52-,53+,54+,55-,56?,57-,61+,62-,63+,64+,69+/m1/s1. The van der Waals surface area contributed by atoms with Gasteiger partial charge in [0.1, 0.15) is 36.7 Å². The normalized spacial score (nSPS) is 34.2. The summed E-state index contributed by atoms with van der Waals surface area (Å²) in [5.41, 5.74) is 8.27. The van der Waals surface area contributed by atoms with Gasteiger partial charge in [0, 0.05) is 94.9 Å². The van der Waals surface area contributed by atoms with E-state index in [2.05, 4.69) is 46.7 Å². The van der Waals surface area contributed by atoms with E-state index in [1.807, 2.05) is 6.92 Å². The van der Waals surface area contributed by atoms with E-state index in [9.17, 15) is 48.6 Å². The monoisotopic (exact) mass is 1330 g/mol. The summed E-state index contributed by atoms with van der Waals surface area (Å²) in [6.45, 7) is 16.5. The number of primary amides is 1. The number of rotatable bonds is 28. The summed E-state index contributed by atoms with van der Waals surface area (Å²) in [6, 6.07) is 3.66. The number of anilines is 1. The van der Waals surface area contributed by atoms with Gasteiger partial charge in [-0.05, 0) is 125 Å². The predicted octanol–water partition coefficient (Wildman–Crippen LogP) is 4.74. The van der Waals surface area contributed by atoms with E-state index in [1.165, 1.54) is 12.2 Å². The van der Waals surface area contributed by atoms with Crippen LogP contribution in [0, 0.1) is 23.7 Å². The number of benzene rings is 1. The lowest BCUT2D eigenvalue weighted by Crippen LogP contribution is -2.59. The fourth-order valence-electron chi connectivity index (χ4n) is 15.8. The number of carbonyl (C=O) groups excluding carboxylic acids is 8. The summed E-state index contributed by atoms with van der Waals surface area (Å²) in [6.07, 6.45) is 3.91. The molecule has 0 spiro atoms. The van der Waals surface area contributed by atoms with Crippen LogP contribution >= 0.6 is 0 Å². The lowest BCUT2D eigenvalue weighted by molar-refractivity contribution is -0.301. The Labute approximate surface area is 555 Å². The molecule has 9 aliphatic rings. The molecule has 0 aromatic heterocycles. The lowest BCUT2D eigenvalue weighted by Gasteiger charge is -2.50. The quantitative estimate of drug-likeness (QED) is 0.0319. The van der Waals surface area contributed by atoms with Crippen molar-refractivity contribution in [2.24, 2.45) is 29.4 Å². The van der Waals surface area contributed by atoms with Crippen LogP contribution in [0.25, 0.3) is 0 Å². The number of fused-ring (bicyclic) bond motifs is 11. The number of hydrogen-bond donors (Lipinski definition) is 8. The van der Waals surface area contributed by atoms with Gasteiger partial charge in [-0.15, -0.1) is 0 Å². The fourth-order valence-corrected chi connectivity index (χ4v) is 15.8. The van der Waals surface area contributed by atoms with Crippen molar-refractivity contribution in [1.29, 1.82) is 0 Å². The van der Waals surface area contributed by atoms with Gasteiger partial charge >= 0.3 is 12.1 Å². The molecule has 2 unspecified atom stereocenters. The topological polar surface area (TPSA) is 350 Å². The van der Waals surface area contributed by atoms with Gasteiger partial charge in [0.15, 0.2) is 5.79 Å². The van der Waals surface area contributed by atoms with Crippen molar-refractivity contribution in [3.8, 4) is 0 Å². The molecule has 1 aromatic carbocycles. The second-order valence-electron chi connectivity index (χ2n) is 27.9. The van der Waals surface area contributed by atoms with Crippen LogP contribution in [0.4, 0.5) is 15.3 Å². The number of unbranched alkanes of at least 4 members (excludes halogenated alkanes) is 2. The maximum Gasteiger partial charge on any atom is 0.407 e. The minimum absolute atomic E-state index is 0.00154. The Balaban J connectivity index is 0.658. The average Bonchev–Trinajstić information content (AvgIpc) is 1.59. The molecule has 26 nitrogen and oxygen atoms in total. The first kappa shape index (κ1) is 71.6. The first-order valence-electron chi connectivity index (χ1n) is 34.3. The number of Topliss-reactive ketones (excluding diaryl/α,β-unsaturated/α-hetero) is 1. The second kappa shape index (κ2) is 32.0. The number of alkyl carbamates (subject to hydrolysis) is 1. The number of urea groups is 1. The van der Waals surface area contributed by atoms with Crippen LogP contribution in [0.15, 0.2) is 60.7 Å². The number of nitrogens with one attached hydrogen (secondary N) is 5. The Morgan fingerprint density at radius 2 is 1.58 bits per heavy atom. The van der Waals surface area contributed by atoms with Crippen molar-refractivity contribution in [1.82, 2.24) is 26.2 Å². The number of hydrogen-bond acceptors (Lipinski definition) is 19. The Kier molecular flexibility index (Phi) is 24.1. The summed E-state index contributed by atoms with van der Waals surface area (Å²) in [4.78, 5) is 103. The van der Waals surface area contributed by atoms with Crippen LogP contribution in [0.1, 0.15) is 149 Å². The zero-order chi connectivity index (χ0) is 67.8. The highest BCUT2D eigenvalue weighted by Gasteiger charge is 2.64. The van der Waals surface area contributed by atoms with Gasteiger partial charge < -0.3 is 85.2 Å². The molecule has 26 heteroatoms. The van der Waals surface area contributed by atoms with E-state index in [-0.39, 0.29) is 161 Å². The van der Waals surface area contributed by atoms with Crippen LogP contribution in [0.2, 0.25) is 0 Å². The third-order valence-electron chi connectivity index (χ3n) is 20.7. The van der Waals surface area contributed by atoms with Gasteiger partial charge in [0.2, 0.25) is 17.7 Å².